The van der Waals surface area contributed by atoms with E-state index in [0.29, 0.717) is 20.4 Å². The lowest BCUT2D eigenvalue weighted by Crippen LogP contribution is -2.32. The normalized spacial score (nSPS) is 46.9. The summed E-state index contributed by atoms with van der Waals surface area (Å²) < 4.78 is 0.0302. The summed E-state index contributed by atoms with van der Waals surface area (Å²) in [6.07, 6.45) is 0. The van der Waals surface area contributed by atoms with E-state index < -0.39 is 0 Å². The predicted molar refractivity (Wildman–Crippen MR) is 77.9 cm³/mol. The first kappa shape index (κ1) is 11.2. The molecule has 0 aliphatic heterocycles. The van der Waals surface area contributed by atoms with Crippen molar-refractivity contribution in [3.05, 3.63) is 35.4 Å². The molecule has 5 atom stereocenters. The van der Waals surface area contributed by atoms with Crippen LogP contribution >= 0.6 is 63.7 Å². The Morgan fingerprint density at radius 3 is 2.40 bits per heavy atom. The van der Waals surface area contributed by atoms with Crippen LogP contribution in [0.2, 0.25) is 0 Å². The lowest BCUT2D eigenvalue weighted by molar-refractivity contribution is 0.730. The molecule has 0 unspecified atom stereocenters. The summed E-state index contributed by atoms with van der Waals surface area (Å²) >= 11 is 15.4. The maximum atomic E-state index is 3.93. The first-order valence-electron chi connectivity index (χ1n) is 4.79. The minimum Gasteiger partial charge on any atom is -0.0871 e. The van der Waals surface area contributed by atoms with E-state index in [1.54, 1.807) is 0 Å². The van der Waals surface area contributed by atoms with Gasteiger partial charge in [0.05, 0.1) is 4.32 Å². The van der Waals surface area contributed by atoms with Crippen LogP contribution in [0.1, 0.15) is 17.0 Å². The summed E-state index contributed by atoms with van der Waals surface area (Å²) in [6, 6.07) is 8.71. The molecule has 80 valence electrons. The number of halogens is 4. The summed E-state index contributed by atoms with van der Waals surface area (Å²) in [7, 11) is 0. The van der Waals surface area contributed by atoms with Crippen LogP contribution in [0.3, 0.4) is 0 Å². The van der Waals surface area contributed by atoms with Gasteiger partial charge in [-0.15, -0.1) is 0 Å². The molecule has 2 bridgehead atoms. The van der Waals surface area contributed by atoms with E-state index in [2.05, 4.69) is 88.0 Å². The third-order valence-electron chi connectivity index (χ3n) is 3.47. The van der Waals surface area contributed by atoms with Gasteiger partial charge in [0.1, 0.15) is 0 Å². The molecule has 1 aromatic rings. The van der Waals surface area contributed by atoms with Gasteiger partial charge >= 0.3 is 0 Å². The van der Waals surface area contributed by atoms with Crippen molar-refractivity contribution in [2.45, 2.75) is 24.7 Å². The second kappa shape index (κ2) is 3.56. The van der Waals surface area contributed by atoms with Gasteiger partial charge in [-0.3, -0.25) is 0 Å². The van der Waals surface area contributed by atoms with Gasteiger partial charge in [0.2, 0.25) is 0 Å². The number of alkyl halides is 4. The van der Waals surface area contributed by atoms with Crippen molar-refractivity contribution in [1.29, 1.82) is 0 Å². The van der Waals surface area contributed by atoms with E-state index >= 15 is 0 Å². The summed E-state index contributed by atoms with van der Waals surface area (Å²) in [5.74, 6) is 0.546. The van der Waals surface area contributed by atoms with Gasteiger partial charge in [-0.05, 0) is 11.1 Å². The average Bonchev–Trinajstić information content (AvgIpc) is 2.56. The van der Waals surface area contributed by atoms with Crippen LogP contribution in [0, 0.1) is 0 Å². The summed E-state index contributed by atoms with van der Waals surface area (Å²) in [6.45, 7) is 0. The van der Waals surface area contributed by atoms with E-state index in [1.807, 2.05) is 0 Å². The van der Waals surface area contributed by atoms with Crippen LogP contribution in [0.25, 0.3) is 0 Å². The molecule has 15 heavy (non-hydrogen) atoms. The topological polar surface area (TPSA) is 0 Å². The fourth-order valence-corrected chi connectivity index (χ4v) is 7.81. The molecular weight excluding hydrogens is 452 g/mol. The minimum atomic E-state index is 0.0302. The van der Waals surface area contributed by atoms with Crippen LogP contribution < -0.4 is 0 Å². The molecule has 2 aliphatic carbocycles. The van der Waals surface area contributed by atoms with Crippen LogP contribution in [-0.2, 0) is 4.32 Å². The van der Waals surface area contributed by atoms with Gasteiger partial charge in [-0.1, -0.05) is 88.0 Å². The number of rotatable bonds is 0. The Labute approximate surface area is 123 Å². The van der Waals surface area contributed by atoms with Crippen molar-refractivity contribution >= 4 is 63.7 Å². The lowest BCUT2D eigenvalue weighted by atomic mass is 9.92. The Morgan fingerprint density at radius 1 is 1.00 bits per heavy atom. The van der Waals surface area contributed by atoms with Crippen molar-refractivity contribution in [1.82, 2.24) is 0 Å². The van der Waals surface area contributed by atoms with Gasteiger partial charge in [0.25, 0.3) is 0 Å². The van der Waals surface area contributed by atoms with E-state index in [-0.39, 0.29) is 4.32 Å². The minimum absolute atomic E-state index is 0.0302. The van der Waals surface area contributed by atoms with E-state index in [0.717, 1.165) is 0 Å². The standard InChI is InChI=1S/C11H8Br4/c12-8-7-5-3-1-2-4-6(5)11(15,9(7)13)10(8)14/h1-4,7-10H/t7-,8-,9-,10+,11+/m0/s1. The molecule has 2 aliphatic rings. The van der Waals surface area contributed by atoms with Crippen LogP contribution in [-0.4, -0.2) is 14.5 Å². The first-order valence-corrected chi connectivity index (χ1v) is 8.33. The van der Waals surface area contributed by atoms with Gasteiger partial charge in [-0.25, -0.2) is 0 Å². The Balaban J connectivity index is 2.27. The highest BCUT2D eigenvalue weighted by Crippen LogP contribution is 2.66. The van der Waals surface area contributed by atoms with Gasteiger partial charge in [0, 0.05) is 20.4 Å². The molecule has 0 saturated heterocycles. The Hall–Kier alpha value is 1.14. The SMILES string of the molecule is Br[C@H]1[C@@H]2c3ccccc3[C@](Br)([C@@H]1Br)[C@H]2Br. The van der Waals surface area contributed by atoms with Crippen molar-refractivity contribution < 1.29 is 0 Å². The molecule has 0 N–H and O–H groups in total. The summed E-state index contributed by atoms with van der Waals surface area (Å²) in [4.78, 5) is 1.36. The van der Waals surface area contributed by atoms with Gasteiger partial charge in [0.15, 0.2) is 0 Å². The summed E-state index contributed by atoms with van der Waals surface area (Å²) in [5.41, 5.74) is 2.89. The molecule has 0 aromatic heterocycles. The molecule has 0 radical (unpaired) electrons. The summed E-state index contributed by atoms with van der Waals surface area (Å²) in [5, 5.41) is 0. The third-order valence-corrected chi connectivity index (χ3v) is 10.5. The van der Waals surface area contributed by atoms with Gasteiger partial charge in [-0.2, -0.15) is 0 Å². The molecule has 0 heterocycles. The molecule has 0 amide bonds. The monoisotopic (exact) mass is 456 g/mol. The van der Waals surface area contributed by atoms with Crippen molar-refractivity contribution in [3.8, 4) is 0 Å². The van der Waals surface area contributed by atoms with Crippen molar-refractivity contribution in [2.24, 2.45) is 0 Å². The Morgan fingerprint density at radius 2 is 1.67 bits per heavy atom. The molecule has 0 nitrogen and oxygen atoms in total. The number of benzene rings is 1. The highest BCUT2D eigenvalue weighted by molar-refractivity contribution is 9.14. The van der Waals surface area contributed by atoms with Crippen LogP contribution in [0.15, 0.2) is 24.3 Å². The Kier molecular flexibility index (Phi) is 2.67. The van der Waals surface area contributed by atoms with Crippen molar-refractivity contribution in [2.75, 3.05) is 0 Å². The predicted octanol–water partition coefficient (Wildman–Crippen LogP) is 4.68. The fourth-order valence-electron chi connectivity index (χ4n) is 2.75. The fraction of sp³-hybridized carbons (Fsp3) is 0.455. The van der Waals surface area contributed by atoms with E-state index in [4.69, 9.17) is 0 Å². The second-order valence-corrected chi connectivity index (χ2v) is 8.47. The number of fused-ring (bicyclic) bond motifs is 5. The maximum absolute atomic E-state index is 3.93. The zero-order chi connectivity index (χ0) is 10.8. The quantitative estimate of drug-likeness (QED) is 0.494. The zero-order valence-electron chi connectivity index (χ0n) is 7.63. The smallest absolute Gasteiger partial charge is 0.0775 e. The molecule has 1 fully saturated rings. The van der Waals surface area contributed by atoms with Crippen LogP contribution in [0.4, 0.5) is 0 Å². The van der Waals surface area contributed by atoms with Crippen LogP contribution in [0.5, 0.6) is 0 Å². The number of hydrogen-bond donors (Lipinski definition) is 0. The average molecular weight is 460 g/mol. The molecule has 3 rings (SSSR count). The van der Waals surface area contributed by atoms with Gasteiger partial charge < -0.3 is 0 Å². The highest BCUT2D eigenvalue weighted by Gasteiger charge is 2.63. The maximum Gasteiger partial charge on any atom is 0.0775 e. The lowest BCUT2D eigenvalue weighted by Gasteiger charge is -2.31. The molecular formula is C11H8Br4. The van der Waals surface area contributed by atoms with Crippen molar-refractivity contribution in [3.63, 3.8) is 0 Å². The molecule has 1 aromatic carbocycles. The Bertz CT molecular complexity index is 419. The van der Waals surface area contributed by atoms with E-state index in [1.165, 1.54) is 11.1 Å². The molecule has 4 heteroatoms. The molecule has 1 saturated carbocycles. The zero-order valence-corrected chi connectivity index (χ0v) is 14.0. The first-order chi connectivity index (χ1) is 7.08. The molecule has 0 spiro atoms. The second-order valence-electron chi connectivity index (χ2n) is 4.13. The van der Waals surface area contributed by atoms with E-state index in [9.17, 15) is 0 Å². The highest BCUT2D eigenvalue weighted by atomic mass is 79.9. The largest absolute Gasteiger partial charge is 0.0871 e. The third kappa shape index (κ3) is 1.23. The number of hydrogen-bond acceptors (Lipinski definition) is 0.